The first kappa shape index (κ1) is 14.8. The third kappa shape index (κ3) is 2.65. The third-order valence-corrected chi connectivity index (χ3v) is 4.40. The van der Waals surface area contributed by atoms with Crippen LogP contribution in [-0.4, -0.2) is 9.97 Å². The van der Waals surface area contributed by atoms with E-state index < -0.39 is 0 Å². The van der Waals surface area contributed by atoms with Crippen LogP contribution in [0.1, 0.15) is 0 Å². The minimum Gasteiger partial charge on any atom is -0.398 e. The van der Waals surface area contributed by atoms with E-state index in [-0.39, 0.29) is 0 Å². The van der Waals surface area contributed by atoms with Gasteiger partial charge in [0.15, 0.2) is 5.82 Å². The van der Waals surface area contributed by atoms with Crippen LogP contribution in [-0.2, 0) is 0 Å². The highest BCUT2D eigenvalue weighted by atomic mass is 79.9. The monoisotopic (exact) mass is 375 g/mol. The van der Waals surface area contributed by atoms with Gasteiger partial charge in [0.1, 0.15) is 0 Å². The molecule has 1 aromatic heterocycles. The number of anilines is 1. The Kier molecular flexibility index (Phi) is 3.75. The number of fused-ring (bicyclic) bond motifs is 1. The van der Waals surface area contributed by atoms with Gasteiger partial charge >= 0.3 is 0 Å². The Morgan fingerprint density at radius 2 is 1.54 bits per heavy atom. The SMILES string of the molecule is Nc1ccccc1-c1nc(-c2ccccc2)c2ccc(Br)cc2n1. The molecule has 0 aliphatic carbocycles. The van der Waals surface area contributed by atoms with E-state index in [2.05, 4.69) is 28.1 Å². The number of nitrogen functional groups attached to an aromatic ring is 1. The number of nitrogens with zero attached hydrogens (tertiary/aromatic N) is 2. The number of hydrogen-bond donors (Lipinski definition) is 1. The van der Waals surface area contributed by atoms with E-state index in [9.17, 15) is 0 Å². The molecular formula is C20H14BrN3. The van der Waals surface area contributed by atoms with Gasteiger partial charge in [-0.3, -0.25) is 0 Å². The van der Waals surface area contributed by atoms with Gasteiger partial charge in [0, 0.05) is 26.7 Å². The Hall–Kier alpha value is -2.72. The van der Waals surface area contributed by atoms with Gasteiger partial charge < -0.3 is 5.73 Å². The first-order valence-electron chi connectivity index (χ1n) is 7.60. The molecule has 0 radical (unpaired) electrons. The Labute approximate surface area is 148 Å². The van der Waals surface area contributed by atoms with E-state index in [1.807, 2.05) is 60.7 Å². The highest BCUT2D eigenvalue weighted by Crippen LogP contribution is 2.31. The average Bonchev–Trinajstić information content (AvgIpc) is 2.61. The van der Waals surface area contributed by atoms with Crippen molar-refractivity contribution in [2.24, 2.45) is 0 Å². The summed E-state index contributed by atoms with van der Waals surface area (Å²) in [6.45, 7) is 0. The molecular weight excluding hydrogens is 362 g/mol. The van der Waals surface area contributed by atoms with E-state index in [0.717, 1.165) is 32.2 Å². The number of benzene rings is 3. The average molecular weight is 376 g/mol. The molecule has 0 atom stereocenters. The Bertz CT molecular complexity index is 1030. The summed E-state index contributed by atoms with van der Waals surface area (Å²) in [5, 5.41) is 1.02. The third-order valence-electron chi connectivity index (χ3n) is 3.91. The summed E-state index contributed by atoms with van der Waals surface area (Å²) >= 11 is 3.52. The fourth-order valence-corrected chi connectivity index (χ4v) is 3.09. The van der Waals surface area contributed by atoms with Crippen molar-refractivity contribution in [2.75, 3.05) is 5.73 Å². The first-order chi connectivity index (χ1) is 11.7. The number of rotatable bonds is 2. The van der Waals surface area contributed by atoms with Crippen LogP contribution in [0, 0.1) is 0 Å². The summed E-state index contributed by atoms with van der Waals surface area (Å²) in [7, 11) is 0. The maximum absolute atomic E-state index is 6.13. The van der Waals surface area contributed by atoms with Gasteiger partial charge in [-0.1, -0.05) is 58.4 Å². The van der Waals surface area contributed by atoms with Crippen molar-refractivity contribution in [2.45, 2.75) is 0 Å². The smallest absolute Gasteiger partial charge is 0.162 e. The van der Waals surface area contributed by atoms with Crippen molar-refractivity contribution in [1.82, 2.24) is 9.97 Å². The molecule has 3 aromatic carbocycles. The van der Waals surface area contributed by atoms with E-state index >= 15 is 0 Å². The molecule has 0 fully saturated rings. The minimum atomic E-state index is 0.637. The highest BCUT2D eigenvalue weighted by molar-refractivity contribution is 9.10. The van der Waals surface area contributed by atoms with Crippen LogP contribution in [0.3, 0.4) is 0 Å². The van der Waals surface area contributed by atoms with Crippen molar-refractivity contribution in [3.63, 3.8) is 0 Å². The zero-order chi connectivity index (χ0) is 16.5. The fraction of sp³-hybridized carbons (Fsp3) is 0. The molecule has 24 heavy (non-hydrogen) atoms. The molecule has 0 bridgehead atoms. The van der Waals surface area contributed by atoms with Gasteiger partial charge in [-0.2, -0.15) is 0 Å². The summed E-state index contributed by atoms with van der Waals surface area (Å²) in [5.74, 6) is 0.637. The van der Waals surface area contributed by atoms with E-state index in [1.165, 1.54) is 0 Å². The number of para-hydroxylation sites is 1. The van der Waals surface area contributed by atoms with Crippen LogP contribution >= 0.6 is 15.9 Å². The number of hydrogen-bond acceptors (Lipinski definition) is 3. The van der Waals surface area contributed by atoms with Gasteiger partial charge in [-0.25, -0.2) is 9.97 Å². The van der Waals surface area contributed by atoms with Crippen LogP contribution in [0.25, 0.3) is 33.5 Å². The lowest BCUT2D eigenvalue weighted by atomic mass is 10.1. The van der Waals surface area contributed by atoms with Crippen LogP contribution in [0.5, 0.6) is 0 Å². The van der Waals surface area contributed by atoms with Crippen LogP contribution in [0.2, 0.25) is 0 Å². The molecule has 1 heterocycles. The first-order valence-corrected chi connectivity index (χ1v) is 8.39. The summed E-state index contributed by atoms with van der Waals surface area (Å²) in [6, 6.07) is 23.9. The van der Waals surface area contributed by atoms with Crippen molar-refractivity contribution in [3.05, 3.63) is 77.3 Å². The molecule has 0 amide bonds. The van der Waals surface area contributed by atoms with Crippen molar-refractivity contribution in [3.8, 4) is 22.6 Å². The molecule has 116 valence electrons. The normalized spacial score (nSPS) is 10.9. The Morgan fingerprint density at radius 1 is 0.792 bits per heavy atom. The molecule has 0 spiro atoms. The van der Waals surface area contributed by atoms with Crippen molar-refractivity contribution in [1.29, 1.82) is 0 Å². The molecule has 3 nitrogen and oxygen atoms in total. The maximum atomic E-state index is 6.13. The molecule has 0 aliphatic heterocycles. The minimum absolute atomic E-state index is 0.637. The van der Waals surface area contributed by atoms with Gasteiger partial charge in [0.25, 0.3) is 0 Å². The second-order valence-corrected chi connectivity index (χ2v) is 6.43. The predicted molar refractivity (Wildman–Crippen MR) is 103 cm³/mol. The molecule has 4 rings (SSSR count). The quantitative estimate of drug-likeness (QED) is 0.483. The summed E-state index contributed by atoms with van der Waals surface area (Å²) < 4.78 is 0.986. The highest BCUT2D eigenvalue weighted by Gasteiger charge is 2.13. The summed E-state index contributed by atoms with van der Waals surface area (Å²) in [4.78, 5) is 9.56. The standard InChI is InChI=1S/C20H14BrN3/c21-14-10-11-16-18(12-14)23-20(15-8-4-5-9-17(15)22)24-19(16)13-6-2-1-3-7-13/h1-12H,22H2. The van der Waals surface area contributed by atoms with Crippen molar-refractivity contribution < 1.29 is 0 Å². The summed E-state index contributed by atoms with van der Waals surface area (Å²) in [6.07, 6.45) is 0. The molecule has 4 aromatic rings. The molecule has 0 saturated carbocycles. The van der Waals surface area contributed by atoms with Gasteiger partial charge in [0.05, 0.1) is 11.2 Å². The van der Waals surface area contributed by atoms with Crippen LogP contribution < -0.4 is 5.73 Å². The Morgan fingerprint density at radius 3 is 2.33 bits per heavy atom. The number of halogens is 1. The maximum Gasteiger partial charge on any atom is 0.162 e. The van der Waals surface area contributed by atoms with Crippen LogP contribution in [0.4, 0.5) is 5.69 Å². The van der Waals surface area contributed by atoms with E-state index in [1.54, 1.807) is 0 Å². The largest absolute Gasteiger partial charge is 0.398 e. The topological polar surface area (TPSA) is 51.8 Å². The second kappa shape index (κ2) is 6.06. The zero-order valence-electron chi connectivity index (χ0n) is 12.8. The number of aromatic nitrogens is 2. The lowest BCUT2D eigenvalue weighted by Gasteiger charge is -2.11. The van der Waals surface area contributed by atoms with Crippen molar-refractivity contribution >= 4 is 32.5 Å². The zero-order valence-corrected chi connectivity index (χ0v) is 14.4. The van der Waals surface area contributed by atoms with Gasteiger partial charge in [-0.05, 0) is 30.3 Å². The van der Waals surface area contributed by atoms with E-state index in [4.69, 9.17) is 15.7 Å². The van der Waals surface area contributed by atoms with Crippen LogP contribution in [0.15, 0.2) is 77.3 Å². The van der Waals surface area contributed by atoms with E-state index in [0.29, 0.717) is 11.5 Å². The van der Waals surface area contributed by atoms with Gasteiger partial charge in [0.2, 0.25) is 0 Å². The summed E-state index contributed by atoms with van der Waals surface area (Å²) in [5.41, 5.74) is 10.5. The number of nitrogens with two attached hydrogens (primary N) is 1. The fourth-order valence-electron chi connectivity index (χ4n) is 2.74. The second-order valence-electron chi connectivity index (χ2n) is 5.51. The predicted octanol–water partition coefficient (Wildman–Crippen LogP) is 5.31. The molecule has 0 aliphatic rings. The lowest BCUT2D eigenvalue weighted by Crippen LogP contribution is -1.98. The molecule has 0 saturated heterocycles. The lowest BCUT2D eigenvalue weighted by molar-refractivity contribution is 1.23. The molecule has 4 heteroatoms. The Balaban J connectivity index is 2.05. The molecule has 2 N–H and O–H groups in total. The molecule has 0 unspecified atom stereocenters. The van der Waals surface area contributed by atoms with Gasteiger partial charge in [-0.15, -0.1) is 0 Å².